The average Bonchev–Trinajstić information content (AvgIpc) is 3.50. The zero-order chi connectivity index (χ0) is 59.1. The van der Waals surface area contributed by atoms with Gasteiger partial charge in [-0.1, -0.05) is 179 Å². The van der Waals surface area contributed by atoms with Crippen molar-refractivity contribution >= 4 is 60.6 Å². The van der Waals surface area contributed by atoms with E-state index in [2.05, 4.69) is 178 Å². The molecule has 0 saturated carbocycles. The lowest BCUT2D eigenvalue weighted by molar-refractivity contribution is -0.138. The van der Waals surface area contributed by atoms with Crippen molar-refractivity contribution in [2.75, 3.05) is 33.0 Å². The van der Waals surface area contributed by atoms with Crippen molar-refractivity contribution < 1.29 is 39.2 Å². The number of carbonyl (C=O) groups excluding carboxylic acids is 3. The number of aliphatic hydroxyl groups excluding tert-OH is 3. The second-order valence-corrected chi connectivity index (χ2v) is 18.9. The molecule has 0 radical (unpaired) electrons. The molecule has 0 heterocycles. The summed E-state index contributed by atoms with van der Waals surface area (Å²) in [7, 11) is 0. The van der Waals surface area contributed by atoms with Crippen LogP contribution in [-0.4, -0.2) is 65.5 Å². The van der Waals surface area contributed by atoms with E-state index in [-0.39, 0.29) is 27.2 Å². The number of rotatable bonds is 18. The maximum atomic E-state index is 10.9. The summed E-state index contributed by atoms with van der Waals surface area (Å²) >= 11 is 11.5. The predicted molar refractivity (Wildman–Crippen MR) is 345 cm³/mol. The molecule has 11 heteroatoms. The molecule has 0 bridgehead atoms. The number of unbranched alkanes of at least 4 members (excludes halogenated alkanes) is 5. The monoisotopic (exact) mass is 1240 g/mol. The summed E-state index contributed by atoms with van der Waals surface area (Å²) in [5.74, 6) is 26.3. The van der Waals surface area contributed by atoms with Crippen molar-refractivity contribution in [2.24, 2.45) is 0 Å². The van der Waals surface area contributed by atoms with Gasteiger partial charge in [0.2, 0.25) is 5.24 Å². The maximum absolute atomic E-state index is 10.9. The smallest absolute Gasteiger partial charge is 0.330 e. The number of benzene rings is 6. The number of aliphatic hydroxyl groups is 3. The first-order valence-corrected chi connectivity index (χ1v) is 27.9. The van der Waals surface area contributed by atoms with Crippen molar-refractivity contribution in [3.63, 3.8) is 0 Å². The standard InChI is InChI=1S/C28H26O4.C22H22O2.C12H8Br2.C5H8O.C3H3ClO.CH4/c1-3-27(29)31-21-9-5-7-11-23-13-17-25(18-14-23)26-19-15-24(16-20-26)12-8-6-10-22-32-28(30)4-2;23-17-5-1-3-7-19-9-13-21(14-10-19)22-15-11-20(12-16-22)8-4-2-6-18-24;13-11-5-1-9(2-6-11)10-3-7-12(14)8-4-10;1-2-3-4-5-6;1-2-3(4)5;/h3-4,13-20H,1-2,5-6,9-10,21-22H2;9-16,23-24H,1-2,5-6,17-18H2;1-8H;1,6H,3-5H2;2H,1H2;1H4. The fourth-order valence-corrected chi connectivity index (χ4v) is 6.76. The number of halogens is 3. The summed E-state index contributed by atoms with van der Waals surface area (Å²) in [4.78, 5) is 31.3. The van der Waals surface area contributed by atoms with E-state index < -0.39 is 17.2 Å². The Balaban J connectivity index is 0.000000586. The van der Waals surface area contributed by atoms with Crippen molar-refractivity contribution in [2.45, 2.75) is 71.6 Å². The third-order valence-electron chi connectivity index (χ3n) is 10.4. The molecule has 0 aliphatic rings. The van der Waals surface area contributed by atoms with Crippen LogP contribution < -0.4 is 0 Å². The van der Waals surface area contributed by atoms with Crippen LogP contribution in [0.25, 0.3) is 33.4 Å². The van der Waals surface area contributed by atoms with Gasteiger partial charge in [0.05, 0.1) is 13.2 Å². The highest BCUT2D eigenvalue weighted by atomic mass is 79.9. The highest BCUT2D eigenvalue weighted by molar-refractivity contribution is 9.10. The first kappa shape index (κ1) is 72.1. The number of esters is 2. The van der Waals surface area contributed by atoms with Crippen LogP contribution in [0, 0.1) is 59.7 Å². The Morgan fingerprint density at radius 2 is 0.659 bits per heavy atom. The van der Waals surface area contributed by atoms with Crippen molar-refractivity contribution in [3.8, 4) is 93.1 Å². The van der Waals surface area contributed by atoms with Gasteiger partial charge in [-0.25, -0.2) is 9.59 Å². The van der Waals surface area contributed by atoms with E-state index in [0.717, 1.165) is 104 Å². The third-order valence-corrected chi connectivity index (χ3v) is 11.6. The Morgan fingerprint density at radius 3 is 0.866 bits per heavy atom. The minimum absolute atomic E-state index is 0. The maximum Gasteiger partial charge on any atom is 0.330 e. The predicted octanol–water partition coefficient (Wildman–Crippen LogP) is 15.5. The lowest BCUT2D eigenvalue weighted by Gasteiger charge is -2.02. The quantitative estimate of drug-likeness (QED) is 0.0255. The Kier molecular flexibility index (Phi) is 41.1. The molecule has 0 atom stereocenters. The SMILES string of the molecule is Brc1ccc(-c2ccc(Br)cc2)cc1.C.C#CCCCO.C=CC(=O)Cl.C=CC(=O)OCCCC#Cc1ccc(-c2ccc(C#CCCCOC(=O)C=C)cc2)cc1.OCCCC#Cc1ccc(-c2ccc(C#CCCCO)cc2)cc1. The molecule has 0 fully saturated rings. The molecule has 6 aromatic rings. The van der Waals surface area contributed by atoms with Gasteiger partial charge in [-0.2, -0.15) is 0 Å². The topological polar surface area (TPSA) is 130 Å². The van der Waals surface area contributed by atoms with Crippen LogP contribution >= 0.6 is 43.5 Å². The first-order chi connectivity index (χ1) is 39.4. The van der Waals surface area contributed by atoms with Crippen molar-refractivity contribution in [1.82, 2.24) is 0 Å². The zero-order valence-corrected chi connectivity index (χ0v) is 49.3. The second-order valence-electron chi connectivity index (χ2n) is 16.7. The van der Waals surface area contributed by atoms with Crippen LogP contribution in [0.3, 0.4) is 0 Å². The van der Waals surface area contributed by atoms with E-state index >= 15 is 0 Å². The number of terminal acetylenes is 1. The lowest BCUT2D eigenvalue weighted by Crippen LogP contribution is -2.01. The third kappa shape index (κ3) is 34.3. The average molecular weight is 1250 g/mol. The van der Waals surface area contributed by atoms with Gasteiger partial charge in [0.15, 0.2) is 0 Å². The summed E-state index contributed by atoms with van der Waals surface area (Å²) in [5, 5.41) is 25.1. The van der Waals surface area contributed by atoms with Gasteiger partial charge in [-0.3, -0.25) is 4.79 Å². The van der Waals surface area contributed by atoms with Gasteiger partial charge in [-0.15, -0.1) is 12.3 Å². The lowest BCUT2D eigenvalue weighted by atomic mass is 10.0. The molecule has 8 nitrogen and oxygen atoms in total. The van der Waals surface area contributed by atoms with Gasteiger partial charge < -0.3 is 24.8 Å². The van der Waals surface area contributed by atoms with Gasteiger partial charge in [-0.05, 0) is 156 Å². The molecule has 424 valence electrons. The molecular weight excluding hydrogens is 1180 g/mol. The van der Waals surface area contributed by atoms with Gasteiger partial charge in [0.1, 0.15) is 0 Å². The molecule has 0 aliphatic heterocycles. The number of carbonyl (C=O) groups is 3. The minimum Gasteiger partial charge on any atom is -0.463 e. The Morgan fingerprint density at radius 1 is 0.427 bits per heavy atom. The molecule has 0 unspecified atom stereocenters. The van der Waals surface area contributed by atoms with E-state index in [0.29, 0.717) is 45.3 Å². The highest BCUT2D eigenvalue weighted by Gasteiger charge is 2.01. The molecule has 0 saturated heterocycles. The van der Waals surface area contributed by atoms with Gasteiger partial charge in [0.25, 0.3) is 0 Å². The van der Waals surface area contributed by atoms with E-state index in [4.69, 9.17) is 42.8 Å². The molecule has 6 rings (SSSR count). The zero-order valence-electron chi connectivity index (χ0n) is 45.4. The summed E-state index contributed by atoms with van der Waals surface area (Å²) in [6, 6.07) is 49.1. The summed E-state index contributed by atoms with van der Waals surface area (Å²) in [5.41, 5.74) is 10.8. The number of hydrogen-bond acceptors (Lipinski definition) is 8. The second kappa shape index (κ2) is 46.8. The normalized spacial score (nSPS) is 9.13. The van der Waals surface area contributed by atoms with Crippen LogP contribution in [0.5, 0.6) is 0 Å². The Bertz CT molecular complexity index is 2930. The Hall–Kier alpha value is -7.92. The van der Waals surface area contributed by atoms with E-state index in [9.17, 15) is 14.4 Å². The van der Waals surface area contributed by atoms with Crippen LogP contribution in [0.1, 0.15) is 93.9 Å². The fourth-order valence-electron chi connectivity index (χ4n) is 6.23. The first-order valence-electron chi connectivity index (χ1n) is 25.9. The highest BCUT2D eigenvalue weighted by Crippen LogP contribution is 2.24. The van der Waals surface area contributed by atoms with Gasteiger partial charge >= 0.3 is 11.9 Å². The molecule has 82 heavy (non-hydrogen) atoms. The van der Waals surface area contributed by atoms with Crippen molar-refractivity contribution in [3.05, 3.63) is 215 Å². The molecule has 0 amide bonds. The van der Waals surface area contributed by atoms with Crippen LogP contribution in [0.4, 0.5) is 0 Å². The van der Waals surface area contributed by atoms with Crippen LogP contribution in [0.15, 0.2) is 193 Å². The van der Waals surface area contributed by atoms with Gasteiger partial charge in [0, 0.05) is 95.3 Å². The number of allylic oxidation sites excluding steroid dienone is 1. The fraction of sp³-hybridized carbons (Fsp3) is 0.225. The number of hydrogen-bond donors (Lipinski definition) is 3. The van der Waals surface area contributed by atoms with E-state index in [1.807, 2.05) is 72.8 Å². The van der Waals surface area contributed by atoms with Crippen molar-refractivity contribution in [1.29, 1.82) is 0 Å². The van der Waals surface area contributed by atoms with Crippen LogP contribution in [0.2, 0.25) is 0 Å². The molecular formula is C71H71Br2ClO8. The van der Waals surface area contributed by atoms with Crippen LogP contribution in [-0.2, 0) is 23.9 Å². The molecule has 3 N–H and O–H groups in total. The van der Waals surface area contributed by atoms with E-state index in [1.165, 1.54) is 11.1 Å². The summed E-state index contributed by atoms with van der Waals surface area (Å²) in [6.07, 6.45) is 15.2. The summed E-state index contributed by atoms with van der Waals surface area (Å²) in [6.45, 7) is 11.1. The summed E-state index contributed by atoms with van der Waals surface area (Å²) < 4.78 is 12.0. The minimum atomic E-state index is -0.509. The largest absolute Gasteiger partial charge is 0.463 e. The molecule has 0 aromatic heterocycles. The van der Waals surface area contributed by atoms with E-state index in [1.54, 1.807) is 0 Å². The number of ether oxygens (including phenoxy) is 2. The molecule has 6 aromatic carbocycles. The molecule has 0 aliphatic carbocycles. The molecule has 0 spiro atoms. The Labute approximate surface area is 509 Å².